The Labute approximate surface area is 169 Å². The summed E-state index contributed by atoms with van der Waals surface area (Å²) in [6.45, 7) is 7.06. The molecule has 0 aliphatic carbocycles. The average Bonchev–Trinajstić information content (AvgIpc) is 2.72. The minimum absolute atomic E-state index is 0.0238. The Hall–Kier alpha value is -2.62. The zero-order valence-electron chi connectivity index (χ0n) is 17.3. The summed E-state index contributed by atoms with van der Waals surface area (Å²) in [5.74, 6) is -0.0609. The van der Waals surface area contributed by atoms with Gasteiger partial charge in [0.1, 0.15) is 6.04 Å². The van der Waals surface area contributed by atoms with Gasteiger partial charge in [-0.15, -0.1) is 0 Å². The van der Waals surface area contributed by atoms with Gasteiger partial charge in [-0.2, -0.15) is 0 Å². The molecule has 4 nitrogen and oxygen atoms in total. The summed E-state index contributed by atoms with van der Waals surface area (Å²) in [6, 6.07) is 17.9. The van der Waals surface area contributed by atoms with Crippen LogP contribution < -0.4 is 5.32 Å². The highest BCUT2D eigenvalue weighted by Gasteiger charge is 2.25. The predicted molar refractivity (Wildman–Crippen MR) is 114 cm³/mol. The van der Waals surface area contributed by atoms with E-state index in [1.165, 1.54) is 11.1 Å². The molecule has 0 aliphatic heterocycles. The molecule has 1 atom stereocenters. The van der Waals surface area contributed by atoms with Crippen LogP contribution in [0.2, 0.25) is 0 Å². The number of aryl methyl sites for hydroxylation is 2. The predicted octanol–water partition coefficient (Wildman–Crippen LogP) is 3.91. The van der Waals surface area contributed by atoms with Crippen LogP contribution in [0.3, 0.4) is 0 Å². The van der Waals surface area contributed by atoms with E-state index >= 15 is 0 Å². The molecule has 0 radical (unpaired) electrons. The molecular weight excluding hydrogens is 348 g/mol. The van der Waals surface area contributed by atoms with Gasteiger partial charge >= 0.3 is 0 Å². The molecule has 2 aromatic carbocycles. The van der Waals surface area contributed by atoms with Gasteiger partial charge in [-0.3, -0.25) is 9.59 Å². The van der Waals surface area contributed by atoms with Crippen molar-refractivity contribution in [2.24, 2.45) is 0 Å². The van der Waals surface area contributed by atoms with Crippen LogP contribution in [0, 0.1) is 6.92 Å². The molecule has 28 heavy (non-hydrogen) atoms. The Balaban J connectivity index is 2.03. The van der Waals surface area contributed by atoms with Crippen LogP contribution in [-0.4, -0.2) is 35.8 Å². The van der Waals surface area contributed by atoms with E-state index in [4.69, 9.17) is 0 Å². The topological polar surface area (TPSA) is 49.4 Å². The summed E-state index contributed by atoms with van der Waals surface area (Å²) >= 11 is 0. The highest BCUT2D eigenvalue weighted by molar-refractivity contribution is 5.87. The van der Waals surface area contributed by atoms with Crippen LogP contribution in [0.15, 0.2) is 54.6 Å². The van der Waals surface area contributed by atoms with Gasteiger partial charge in [-0.25, -0.2) is 0 Å². The number of hydrogen-bond donors (Lipinski definition) is 1. The maximum Gasteiger partial charge on any atom is 0.242 e. The summed E-state index contributed by atoms with van der Waals surface area (Å²) in [4.78, 5) is 27.2. The maximum atomic E-state index is 13.0. The lowest BCUT2D eigenvalue weighted by Gasteiger charge is -2.29. The number of nitrogens with zero attached hydrogens (tertiary/aromatic N) is 1. The van der Waals surface area contributed by atoms with E-state index in [1.54, 1.807) is 4.90 Å². The molecule has 2 amide bonds. The first kappa shape index (κ1) is 21.7. The normalized spacial score (nSPS) is 11.7. The standard InChI is InChI=1S/C24H32N2O2/c1-4-17-25-24(28)20(3)26(18-16-21-8-6-5-7-9-21)23(27)15-14-22-12-10-19(2)11-13-22/h5-13,20H,4,14-18H2,1-3H3,(H,25,28). The van der Waals surface area contributed by atoms with E-state index in [1.807, 2.05) is 32.0 Å². The second-order valence-electron chi connectivity index (χ2n) is 7.28. The zero-order valence-corrected chi connectivity index (χ0v) is 17.3. The summed E-state index contributed by atoms with van der Waals surface area (Å²) in [7, 11) is 0. The summed E-state index contributed by atoms with van der Waals surface area (Å²) < 4.78 is 0. The minimum Gasteiger partial charge on any atom is -0.354 e. The van der Waals surface area contributed by atoms with Gasteiger partial charge in [0.15, 0.2) is 0 Å². The molecule has 4 heteroatoms. The van der Waals surface area contributed by atoms with Crippen LogP contribution in [0.5, 0.6) is 0 Å². The Morgan fingerprint density at radius 3 is 2.25 bits per heavy atom. The molecule has 0 bridgehead atoms. The molecule has 0 fully saturated rings. The monoisotopic (exact) mass is 380 g/mol. The third-order valence-electron chi connectivity index (χ3n) is 4.95. The Kier molecular flexibility index (Phi) is 8.73. The summed E-state index contributed by atoms with van der Waals surface area (Å²) in [6.07, 6.45) is 2.71. The molecular formula is C24H32N2O2. The van der Waals surface area contributed by atoms with Crippen molar-refractivity contribution >= 4 is 11.8 Å². The van der Waals surface area contributed by atoms with Crippen molar-refractivity contribution in [3.05, 3.63) is 71.3 Å². The Morgan fingerprint density at radius 1 is 0.964 bits per heavy atom. The largest absolute Gasteiger partial charge is 0.354 e. The summed E-state index contributed by atoms with van der Waals surface area (Å²) in [5.41, 5.74) is 3.52. The van der Waals surface area contributed by atoms with E-state index in [2.05, 4.69) is 48.6 Å². The first-order chi connectivity index (χ1) is 13.5. The zero-order chi connectivity index (χ0) is 20.4. The van der Waals surface area contributed by atoms with E-state index in [9.17, 15) is 9.59 Å². The minimum atomic E-state index is -0.471. The maximum absolute atomic E-state index is 13.0. The van der Waals surface area contributed by atoms with Crippen LogP contribution >= 0.6 is 0 Å². The van der Waals surface area contributed by atoms with E-state index in [0.717, 1.165) is 18.4 Å². The van der Waals surface area contributed by atoms with Crippen molar-refractivity contribution in [2.45, 2.75) is 52.5 Å². The van der Waals surface area contributed by atoms with Crippen LogP contribution in [0.25, 0.3) is 0 Å². The van der Waals surface area contributed by atoms with E-state index in [0.29, 0.717) is 25.9 Å². The number of carbonyl (C=O) groups excluding carboxylic acids is 2. The van der Waals surface area contributed by atoms with Gasteiger partial charge in [0.2, 0.25) is 11.8 Å². The molecule has 2 aromatic rings. The molecule has 0 saturated heterocycles. The first-order valence-electron chi connectivity index (χ1n) is 10.2. The fraction of sp³-hybridized carbons (Fsp3) is 0.417. The quantitative estimate of drug-likeness (QED) is 0.679. The van der Waals surface area contributed by atoms with Gasteiger partial charge in [0, 0.05) is 19.5 Å². The van der Waals surface area contributed by atoms with Gasteiger partial charge in [0.05, 0.1) is 0 Å². The fourth-order valence-corrected chi connectivity index (χ4v) is 3.12. The fourth-order valence-electron chi connectivity index (χ4n) is 3.12. The number of carbonyl (C=O) groups is 2. The Bertz CT molecular complexity index is 741. The molecule has 150 valence electrons. The van der Waals surface area contributed by atoms with E-state index < -0.39 is 6.04 Å². The molecule has 1 unspecified atom stereocenters. The lowest BCUT2D eigenvalue weighted by atomic mass is 10.1. The van der Waals surface area contributed by atoms with Crippen LogP contribution in [0.1, 0.15) is 43.4 Å². The van der Waals surface area contributed by atoms with E-state index in [-0.39, 0.29) is 11.8 Å². The Morgan fingerprint density at radius 2 is 1.61 bits per heavy atom. The lowest BCUT2D eigenvalue weighted by molar-refractivity contribution is -0.139. The highest BCUT2D eigenvalue weighted by Crippen LogP contribution is 2.11. The van der Waals surface area contributed by atoms with Crippen molar-refractivity contribution in [1.82, 2.24) is 10.2 Å². The van der Waals surface area contributed by atoms with Crippen LogP contribution in [-0.2, 0) is 22.4 Å². The second-order valence-corrected chi connectivity index (χ2v) is 7.28. The van der Waals surface area contributed by atoms with Gasteiger partial charge in [0.25, 0.3) is 0 Å². The third-order valence-corrected chi connectivity index (χ3v) is 4.95. The summed E-state index contributed by atoms with van der Waals surface area (Å²) in [5, 5.41) is 2.91. The van der Waals surface area contributed by atoms with Crippen molar-refractivity contribution in [3.8, 4) is 0 Å². The highest BCUT2D eigenvalue weighted by atomic mass is 16.2. The molecule has 0 heterocycles. The number of amides is 2. The molecule has 2 rings (SSSR count). The van der Waals surface area contributed by atoms with Crippen molar-refractivity contribution in [2.75, 3.05) is 13.1 Å². The molecule has 0 saturated carbocycles. The second kappa shape index (κ2) is 11.3. The molecule has 1 N–H and O–H groups in total. The molecule has 0 aliphatic rings. The van der Waals surface area contributed by atoms with Gasteiger partial charge < -0.3 is 10.2 Å². The average molecular weight is 381 g/mol. The third kappa shape index (κ3) is 6.84. The number of benzene rings is 2. The van der Waals surface area contributed by atoms with Crippen molar-refractivity contribution < 1.29 is 9.59 Å². The van der Waals surface area contributed by atoms with Crippen molar-refractivity contribution in [1.29, 1.82) is 0 Å². The molecule has 0 spiro atoms. The van der Waals surface area contributed by atoms with Gasteiger partial charge in [-0.1, -0.05) is 67.1 Å². The number of nitrogens with one attached hydrogen (secondary N) is 1. The first-order valence-corrected chi connectivity index (χ1v) is 10.2. The molecule has 0 aromatic heterocycles. The number of hydrogen-bond acceptors (Lipinski definition) is 2. The lowest BCUT2D eigenvalue weighted by Crippen LogP contribution is -2.49. The SMILES string of the molecule is CCCNC(=O)C(C)N(CCc1ccccc1)C(=O)CCc1ccc(C)cc1. The van der Waals surface area contributed by atoms with Crippen molar-refractivity contribution in [3.63, 3.8) is 0 Å². The van der Waals surface area contributed by atoms with Crippen LogP contribution in [0.4, 0.5) is 0 Å². The van der Waals surface area contributed by atoms with Gasteiger partial charge in [-0.05, 0) is 44.2 Å². The number of rotatable bonds is 10. The smallest absolute Gasteiger partial charge is 0.242 e.